The summed E-state index contributed by atoms with van der Waals surface area (Å²) in [5.74, 6) is -0.499. The maximum atomic E-state index is 13.5. The predicted octanol–water partition coefficient (Wildman–Crippen LogP) is 1.88. The number of aromatic nitrogens is 1. The Hall–Kier alpha value is -2.19. The number of amides is 2. The number of benzene rings is 1. The molecule has 6 nitrogen and oxygen atoms in total. The maximum Gasteiger partial charge on any atom is 0.315 e. The normalized spacial score (nSPS) is 11.8. The maximum absolute atomic E-state index is 13.5. The van der Waals surface area contributed by atoms with Crippen LogP contribution in [0.25, 0.3) is 0 Å². The van der Waals surface area contributed by atoms with Crippen molar-refractivity contribution in [3.8, 4) is 0 Å². The summed E-state index contributed by atoms with van der Waals surface area (Å²) in [4.78, 5) is 17.9. The molecule has 1 aromatic carbocycles. The van der Waals surface area contributed by atoms with Gasteiger partial charge in [-0.1, -0.05) is 18.2 Å². The molecule has 0 spiro atoms. The van der Waals surface area contributed by atoms with Gasteiger partial charge in [0.1, 0.15) is 5.82 Å². The van der Waals surface area contributed by atoms with E-state index < -0.39 is 18.0 Å². The van der Waals surface area contributed by atoms with Gasteiger partial charge in [-0.3, -0.25) is 0 Å². The lowest BCUT2D eigenvalue weighted by Crippen LogP contribution is -2.37. The number of urea groups is 1. The highest BCUT2D eigenvalue weighted by molar-refractivity contribution is 7.13. The van der Waals surface area contributed by atoms with Crippen molar-refractivity contribution in [3.63, 3.8) is 0 Å². The second-order valence-corrected chi connectivity index (χ2v) is 5.95. The van der Waals surface area contributed by atoms with E-state index >= 15 is 0 Å². The number of nitrogens with zero attached hydrogens (tertiary/aromatic N) is 2. The van der Waals surface area contributed by atoms with E-state index in [0.29, 0.717) is 0 Å². The summed E-state index contributed by atoms with van der Waals surface area (Å²) in [5.41, 5.74) is 0.909. The van der Waals surface area contributed by atoms with Crippen LogP contribution >= 0.6 is 11.3 Å². The fourth-order valence-electron chi connectivity index (χ4n) is 1.86. The van der Waals surface area contributed by atoms with Crippen LogP contribution in [0.2, 0.25) is 0 Å². The van der Waals surface area contributed by atoms with Crippen LogP contribution in [-0.4, -0.2) is 36.8 Å². The van der Waals surface area contributed by atoms with Gasteiger partial charge >= 0.3 is 6.03 Å². The predicted molar refractivity (Wildman–Crippen MR) is 88.0 cm³/mol. The van der Waals surface area contributed by atoms with E-state index in [0.717, 1.165) is 10.8 Å². The van der Waals surface area contributed by atoms with Gasteiger partial charge in [-0.2, -0.15) is 0 Å². The number of hydrogen-bond acceptors (Lipinski definition) is 5. The Morgan fingerprint density at radius 2 is 2.13 bits per heavy atom. The molecule has 0 aliphatic carbocycles. The Morgan fingerprint density at radius 3 is 2.78 bits per heavy atom. The molecule has 0 bridgehead atoms. The highest BCUT2D eigenvalue weighted by atomic mass is 32.1. The van der Waals surface area contributed by atoms with Crippen LogP contribution in [0.3, 0.4) is 0 Å². The first kappa shape index (κ1) is 17.2. The van der Waals surface area contributed by atoms with E-state index in [-0.39, 0.29) is 18.7 Å². The standard InChI is InChI=1S/C15H19FN4O2S/c1-20(2)15-19-10(9-23-15)7-17-14(22)18-8-13(21)11-5-3-4-6-12(11)16/h3-6,9,13,21H,7-8H2,1-2H3,(H2,17,18,22). The highest BCUT2D eigenvalue weighted by Crippen LogP contribution is 2.17. The Balaban J connectivity index is 1.77. The number of hydrogen-bond donors (Lipinski definition) is 3. The first-order valence-electron chi connectivity index (χ1n) is 7.03. The van der Waals surface area contributed by atoms with Gasteiger partial charge in [0.25, 0.3) is 0 Å². The van der Waals surface area contributed by atoms with Gasteiger partial charge in [0.05, 0.1) is 18.3 Å². The molecule has 3 N–H and O–H groups in total. The lowest BCUT2D eigenvalue weighted by atomic mass is 10.1. The van der Waals surface area contributed by atoms with Crippen LogP contribution in [0.15, 0.2) is 29.6 Å². The minimum atomic E-state index is -1.10. The number of aliphatic hydroxyl groups is 1. The third-order valence-electron chi connectivity index (χ3n) is 3.07. The van der Waals surface area contributed by atoms with Crippen molar-refractivity contribution in [2.45, 2.75) is 12.6 Å². The number of halogens is 1. The van der Waals surface area contributed by atoms with Gasteiger partial charge in [-0.05, 0) is 6.07 Å². The Morgan fingerprint density at radius 1 is 1.39 bits per heavy atom. The third kappa shape index (κ3) is 4.90. The van der Waals surface area contributed by atoms with Crippen LogP contribution in [0.4, 0.5) is 14.3 Å². The summed E-state index contributed by atoms with van der Waals surface area (Å²) in [5, 5.41) is 17.8. The van der Waals surface area contributed by atoms with Gasteiger partial charge in [-0.15, -0.1) is 11.3 Å². The van der Waals surface area contributed by atoms with E-state index in [1.807, 2.05) is 24.4 Å². The second-order valence-electron chi connectivity index (χ2n) is 5.12. The molecule has 1 atom stereocenters. The van der Waals surface area contributed by atoms with Gasteiger partial charge in [0, 0.05) is 31.6 Å². The van der Waals surface area contributed by atoms with Gasteiger partial charge < -0.3 is 20.6 Å². The molecule has 0 fully saturated rings. The molecule has 124 valence electrons. The Bertz CT molecular complexity index is 662. The zero-order valence-electron chi connectivity index (χ0n) is 12.9. The molecule has 0 radical (unpaired) electrons. The van der Waals surface area contributed by atoms with Crippen LogP contribution in [0, 0.1) is 5.82 Å². The van der Waals surface area contributed by atoms with E-state index in [1.54, 1.807) is 12.1 Å². The molecule has 23 heavy (non-hydrogen) atoms. The molecule has 2 aromatic rings. The molecule has 0 aliphatic rings. The average molecular weight is 338 g/mol. The monoisotopic (exact) mass is 338 g/mol. The molecule has 0 saturated heterocycles. The van der Waals surface area contributed by atoms with Gasteiger partial charge in [-0.25, -0.2) is 14.2 Å². The average Bonchev–Trinajstić information content (AvgIpc) is 3.00. The number of nitrogens with one attached hydrogen (secondary N) is 2. The van der Waals surface area contributed by atoms with Gasteiger partial charge in [0.2, 0.25) is 0 Å². The zero-order chi connectivity index (χ0) is 16.8. The second kappa shape index (κ2) is 7.89. The quantitative estimate of drug-likeness (QED) is 0.752. The third-order valence-corrected chi connectivity index (χ3v) is 4.13. The van der Waals surface area contributed by atoms with Crippen LogP contribution < -0.4 is 15.5 Å². The van der Waals surface area contributed by atoms with Crippen molar-refractivity contribution in [2.75, 3.05) is 25.5 Å². The zero-order valence-corrected chi connectivity index (χ0v) is 13.7. The molecule has 1 heterocycles. The summed E-state index contributed by atoms with van der Waals surface area (Å²) in [6.45, 7) is 0.207. The number of carbonyl (C=O) groups is 1. The molecule has 2 rings (SSSR count). The number of thiazole rings is 1. The lowest BCUT2D eigenvalue weighted by Gasteiger charge is -2.13. The number of anilines is 1. The minimum absolute atomic E-state index is 0.0766. The number of rotatable bonds is 6. The first-order chi connectivity index (χ1) is 11.0. The first-order valence-corrected chi connectivity index (χ1v) is 7.91. The summed E-state index contributed by atoms with van der Waals surface area (Å²) < 4.78 is 13.5. The summed E-state index contributed by atoms with van der Waals surface area (Å²) >= 11 is 1.49. The van der Waals surface area contributed by atoms with Crippen LogP contribution in [0.1, 0.15) is 17.4 Å². The Labute approximate surface area is 138 Å². The molecule has 0 aliphatic heterocycles. The van der Waals surface area contributed by atoms with E-state index in [2.05, 4.69) is 15.6 Å². The molecule has 1 aromatic heterocycles. The molecular weight excluding hydrogens is 319 g/mol. The summed E-state index contributed by atoms with van der Waals surface area (Å²) in [7, 11) is 3.79. The topological polar surface area (TPSA) is 77.5 Å². The van der Waals surface area contributed by atoms with Crippen molar-refractivity contribution in [2.24, 2.45) is 0 Å². The van der Waals surface area contributed by atoms with Crippen molar-refractivity contribution in [1.82, 2.24) is 15.6 Å². The number of aliphatic hydroxyl groups excluding tert-OH is 1. The van der Waals surface area contributed by atoms with Crippen molar-refractivity contribution in [3.05, 3.63) is 46.7 Å². The largest absolute Gasteiger partial charge is 0.386 e. The molecule has 2 amide bonds. The van der Waals surface area contributed by atoms with E-state index in [1.165, 1.54) is 23.5 Å². The fourth-order valence-corrected chi connectivity index (χ4v) is 2.62. The fraction of sp³-hybridized carbons (Fsp3) is 0.333. The van der Waals surface area contributed by atoms with E-state index in [9.17, 15) is 14.3 Å². The van der Waals surface area contributed by atoms with Gasteiger partial charge in [0.15, 0.2) is 5.13 Å². The van der Waals surface area contributed by atoms with Crippen LogP contribution in [0.5, 0.6) is 0 Å². The molecule has 8 heteroatoms. The molecular formula is C15H19FN4O2S. The highest BCUT2D eigenvalue weighted by Gasteiger charge is 2.13. The Kier molecular flexibility index (Phi) is 5.89. The SMILES string of the molecule is CN(C)c1nc(CNC(=O)NCC(O)c2ccccc2F)cs1. The molecule has 1 unspecified atom stereocenters. The summed E-state index contributed by atoms with van der Waals surface area (Å²) in [6.07, 6.45) is -1.10. The van der Waals surface area contributed by atoms with Crippen LogP contribution in [-0.2, 0) is 6.54 Å². The molecule has 0 saturated carbocycles. The number of carbonyl (C=O) groups excluding carboxylic acids is 1. The van der Waals surface area contributed by atoms with Crippen molar-refractivity contribution >= 4 is 22.5 Å². The summed E-state index contributed by atoms with van der Waals surface area (Å²) in [6, 6.07) is 5.48. The van der Waals surface area contributed by atoms with E-state index in [4.69, 9.17) is 0 Å². The van der Waals surface area contributed by atoms with Crippen molar-refractivity contribution in [1.29, 1.82) is 0 Å². The minimum Gasteiger partial charge on any atom is -0.386 e. The lowest BCUT2D eigenvalue weighted by molar-refractivity contribution is 0.169. The smallest absolute Gasteiger partial charge is 0.315 e. The van der Waals surface area contributed by atoms with Crippen molar-refractivity contribution < 1.29 is 14.3 Å².